The summed E-state index contributed by atoms with van der Waals surface area (Å²) in [5.41, 5.74) is 4.09. The molecule has 1 heterocycles. The van der Waals surface area contributed by atoms with E-state index in [2.05, 4.69) is 10.3 Å². The van der Waals surface area contributed by atoms with Crippen molar-refractivity contribution in [1.82, 2.24) is 4.98 Å². The van der Waals surface area contributed by atoms with E-state index in [0.29, 0.717) is 5.69 Å². The Balaban J connectivity index is 2.20. The van der Waals surface area contributed by atoms with E-state index in [1.165, 1.54) is 17.5 Å². The maximum atomic E-state index is 11.9. The monoisotopic (exact) mass is 346 g/mol. The van der Waals surface area contributed by atoms with Gasteiger partial charge in [0.1, 0.15) is 0 Å². The minimum atomic E-state index is -0.723. The Morgan fingerprint density at radius 1 is 1.21 bits per heavy atom. The van der Waals surface area contributed by atoms with Gasteiger partial charge in [-0.25, -0.2) is 14.6 Å². The summed E-state index contributed by atoms with van der Waals surface area (Å²) in [5, 5.41) is 4.88. The lowest BCUT2D eigenvalue weighted by atomic mass is 10.1. The molecule has 0 amide bonds. The molecule has 2 aromatic rings. The van der Waals surface area contributed by atoms with E-state index < -0.39 is 11.9 Å². The van der Waals surface area contributed by atoms with Crippen LogP contribution in [0, 0.1) is 0 Å². The Morgan fingerprint density at radius 3 is 2.50 bits per heavy atom. The van der Waals surface area contributed by atoms with Crippen LogP contribution < -0.4 is 5.32 Å². The average molecular weight is 346 g/mol. The number of hydrogen-bond acceptors (Lipinski definition) is 7. The molecule has 0 bridgehead atoms. The number of benzene rings is 1. The molecule has 0 spiro atoms. The summed E-state index contributed by atoms with van der Waals surface area (Å²) in [7, 11) is 0. The third kappa shape index (κ3) is 4.66. The second kappa shape index (κ2) is 8.83. The molecule has 7 heteroatoms. The second-order valence-corrected chi connectivity index (χ2v) is 5.32. The summed E-state index contributed by atoms with van der Waals surface area (Å²) in [6.07, 6.45) is 1.30. The molecule has 24 heavy (non-hydrogen) atoms. The van der Waals surface area contributed by atoms with E-state index in [0.717, 1.165) is 11.3 Å². The Labute approximate surface area is 144 Å². The Bertz CT molecular complexity index is 706. The summed E-state index contributed by atoms with van der Waals surface area (Å²) in [4.78, 5) is 28.0. The molecule has 0 aliphatic carbocycles. The summed E-state index contributed by atoms with van der Waals surface area (Å²) < 4.78 is 9.77. The van der Waals surface area contributed by atoms with Crippen molar-refractivity contribution in [3.8, 4) is 11.3 Å². The Kier molecular flexibility index (Phi) is 6.51. The molecule has 1 aromatic heterocycles. The fraction of sp³-hybridized carbons (Fsp3) is 0.235. The molecule has 0 atom stereocenters. The summed E-state index contributed by atoms with van der Waals surface area (Å²) in [5.74, 6) is -1.45. The molecule has 0 unspecified atom stereocenters. The van der Waals surface area contributed by atoms with E-state index >= 15 is 0 Å². The summed E-state index contributed by atoms with van der Waals surface area (Å²) in [6.45, 7) is 3.70. The van der Waals surface area contributed by atoms with Crippen molar-refractivity contribution in [3.63, 3.8) is 0 Å². The van der Waals surface area contributed by atoms with Crippen LogP contribution in [0.4, 0.5) is 5.69 Å². The number of rotatable bonds is 7. The van der Waals surface area contributed by atoms with Crippen molar-refractivity contribution in [3.05, 3.63) is 46.9 Å². The number of thiazole rings is 1. The molecule has 2 rings (SSSR count). The van der Waals surface area contributed by atoms with Crippen molar-refractivity contribution in [2.75, 3.05) is 18.5 Å². The number of carbonyl (C=O) groups excluding carboxylic acids is 2. The SMILES string of the molecule is CCOC(=O)C(=CNc1cccc(-c2cscn2)c1)C(=O)OCC. The fourth-order valence-corrected chi connectivity index (χ4v) is 2.46. The van der Waals surface area contributed by atoms with Gasteiger partial charge in [0.25, 0.3) is 0 Å². The van der Waals surface area contributed by atoms with Crippen LogP contribution in [0.25, 0.3) is 11.3 Å². The first kappa shape index (κ1) is 17.7. The van der Waals surface area contributed by atoms with Crippen LogP contribution >= 0.6 is 11.3 Å². The van der Waals surface area contributed by atoms with Crippen LogP contribution in [0.3, 0.4) is 0 Å². The Hall–Kier alpha value is -2.67. The molecule has 1 N–H and O–H groups in total. The molecule has 0 aliphatic rings. The average Bonchev–Trinajstić information content (AvgIpc) is 3.10. The third-order valence-corrected chi connectivity index (χ3v) is 3.55. The van der Waals surface area contributed by atoms with Gasteiger partial charge in [0.2, 0.25) is 0 Å². The third-order valence-electron chi connectivity index (χ3n) is 2.96. The van der Waals surface area contributed by atoms with E-state index in [9.17, 15) is 9.59 Å². The maximum absolute atomic E-state index is 11.9. The van der Waals surface area contributed by atoms with Crippen molar-refractivity contribution in [2.24, 2.45) is 0 Å². The Morgan fingerprint density at radius 2 is 1.92 bits per heavy atom. The first-order valence-corrected chi connectivity index (χ1v) is 8.39. The predicted octanol–water partition coefficient (Wildman–Crippen LogP) is 3.23. The number of carbonyl (C=O) groups is 2. The largest absolute Gasteiger partial charge is 0.462 e. The smallest absolute Gasteiger partial charge is 0.347 e. The van der Waals surface area contributed by atoms with E-state index in [1.54, 1.807) is 19.4 Å². The molecule has 0 radical (unpaired) electrons. The first-order valence-electron chi connectivity index (χ1n) is 7.45. The van der Waals surface area contributed by atoms with Gasteiger partial charge in [0.05, 0.1) is 24.4 Å². The zero-order chi connectivity index (χ0) is 17.4. The van der Waals surface area contributed by atoms with Crippen LogP contribution in [0.2, 0.25) is 0 Å². The highest BCUT2D eigenvalue weighted by atomic mass is 32.1. The van der Waals surface area contributed by atoms with Gasteiger partial charge in [0, 0.05) is 22.8 Å². The highest BCUT2D eigenvalue weighted by Crippen LogP contribution is 2.22. The zero-order valence-corrected chi connectivity index (χ0v) is 14.3. The number of nitrogens with one attached hydrogen (secondary N) is 1. The molecule has 6 nitrogen and oxygen atoms in total. The highest BCUT2D eigenvalue weighted by molar-refractivity contribution is 7.07. The van der Waals surface area contributed by atoms with Gasteiger partial charge in [-0.1, -0.05) is 12.1 Å². The van der Waals surface area contributed by atoms with Gasteiger partial charge in [-0.05, 0) is 26.0 Å². The number of ether oxygens (including phenoxy) is 2. The predicted molar refractivity (Wildman–Crippen MR) is 92.5 cm³/mol. The minimum Gasteiger partial charge on any atom is -0.462 e. The lowest BCUT2D eigenvalue weighted by Gasteiger charge is -2.08. The maximum Gasteiger partial charge on any atom is 0.347 e. The van der Waals surface area contributed by atoms with Gasteiger partial charge in [-0.15, -0.1) is 11.3 Å². The van der Waals surface area contributed by atoms with Crippen molar-refractivity contribution in [1.29, 1.82) is 0 Å². The number of anilines is 1. The normalized spacial score (nSPS) is 9.92. The van der Waals surface area contributed by atoms with E-state index in [-0.39, 0.29) is 18.8 Å². The molecule has 0 fully saturated rings. The second-order valence-electron chi connectivity index (χ2n) is 4.60. The lowest BCUT2D eigenvalue weighted by Crippen LogP contribution is -2.19. The molecule has 0 aliphatic heterocycles. The number of nitrogens with zero attached hydrogens (tertiary/aromatic N) is 1. The zero-order valence-electron chi connectivity index (χ0n) is 13.4. The van der Waals surface area contributed by atoms with Crippen molar-refractivity contribution < 1.29 is 19.1 Å². The van der Waals surface area contributed by atoms with Gasteiger partial charge in [0.15, 0.2) is 5.57 Å². The standard InChI is InChI=1S/C17H18N2O4S/c1-3-22-16(20)14(17(21)23-4-2)9-18-13-7-5-6-12(8-13)15-10-24-11-19-15/h5-11,18H,3-4H2,1-2H3. The minimum absolute atomic E-state index is 0.175. The van der Waals surface area contributed by atoms with Crippen molar-refractivity contribution >= 4 is 29.0 Å². The van der Waals surface area contributed by atoms with Crippen LogP contribution in [0.15, 0.2) is 46.9 Å². The quantitative estimate of drug-likeness (QED) is 0.359. The van der Waals surface area contributed by atoms with Crippen molar-refractivity contribution in [2.45, 2.75) is 13.8 Å². The topological polar surface area (TPSA) is 77.5 Å². The van der Waals surface area contributed by atoms with Gasteiger partial charge >= 0.3 is 11.9 Å². The van der Waals surface area contributed by atoms with Gasteiger partial charge in [-0.2, -0.15) is 0 Å². The molecule has 126 valence electrons. The molecule has 1 aromatic carbocycles. The first-order chi connectivity index (χ1) is 11.7. The molecular weight excluding hydrogens is 328 g/mol. The van der Waals surface area contributed by atoms with Gasteiger partial charge in [-0.3, -0.25) is 0 Å². The number of esters is 2. The summed E-state index contributed by atoms with van der Waals surface area (Å²) >= 11 is 1.51. The van der Waals surface area contributed by atoms with Gasteiger partial charge < -0.3 is 14.8 Å². The van der Waals surface area contributed by atoms with Crippen LogP contribution in [0.5, 0.6) is 0 Å². The number of aromatic nitrogens is 1. The van der Waals surface area contributed by atoms with Crippen LogP contribution in [0.1, 0.15) is 13.8 Å². The van der Waals surface area contributed by atoms with Crippen LogP contribution in [-0.2, 0) is 19.1 Å². The fourth-order valence-electron chi connectivity index (χ4n) is 1.90. The molecular formula is C17H18N2O4S. The van der Waals surface area contributed by atoms with E-state index in [1.807, 2.05) is 29.6 Å². The highest BCUT2D eigenvalue weighted by Gasteiger charge is 2.20. The van der Waals surface area contributed by atoms with E-state index in [4.69, 9.17) is 9.47 Å². The number of hydrogen-bond donors (Lipinski definition) is 1. The lowest BCUT2D eigenvalue weighted by molar-refractivity contribution is -0.146. The summed E-state index contributed by atoms with van der Waals surface area (Å²) in [6, 6.07) is 7.49. The van der Waals surface area contributed by atoms with Crippen LogP contribution in [-0.4, -0.2) is 30.1 Å². The molecule has 0 saturated heterocycles. The molecule has 0 saturated carbocycles.